The number of hydrogen-bond acceptors (Lipinski definition) is 4. The molecule has 5 heteroatoms. The standard InChI is InChI=1S/C22H15N3O2/c23-13-22(21-24-15-9-4-5-10-16(15)25-21)18(14-7-2-1-3-8-14)19(22)20(26)17-11-6-12-27-17/h1-12,18-19H,(H,24,25)/t18-,19+,22-/m0/s1. The molecular formula is C22H15N3O2. The summed E-state index contributed by atoms with van der Waals surface area (Å²) in [5.74, 6) is -0.187. The Morgan fingerprint density at radius 3 is 2.56 bits per heavy atom. The smallest absolute Gasteiger partial charge is 0.203 e. The number of furan rings is 1. The zero-order valence-corrected chi connectivity index (χ0v) is 14.3. The Morgan fingerprint density at radius 1 is 1.07 bits per heavy atom. The van der Waals surface area contributed by atoms with Gasteiger partial charge in [0.2, 0.25) is 5.78 Å². The van der Waals surface area contributed by atoms with E-state index in [0.29, 0.717) is 5.82 Å². The summed E-state index contributed by atoms with van der Waals surface area (Å²) in [6.45, 7) is 0. The van der Waals surface area contributed by atoms with Gasteiger partial charge in [0.25, 0.3) is 0 Å². The predicted octanol–water partition coefficient (Wildman–Crippen LogP) is 4.21. The Balaban J connectivity index is 1.68. The second-order valence-electron chi connectivity index (χ2n) is 6.79. The molecule has 2 heterocycles. The van der Waals surface area contributed by atoms with Crippen molar-refractivity contribution in [1.82, 2.24) is 9.97 Å². The van der Waals surface area contributed by atoms with Crippen molar-refractivity contribution in [3.63, 3.8) is 0 Å². The van der Waals surface area contributed by atoms with Gasteiger partial charge in [-0.05, 0) is 29.8 Å². The van der Waals surface area contributed by atoms with Gasteiger partial charge in [0.05, 0.1) is 29.3 Å². The number of nitrogens with one attached hydrogen (secondary N) is 1. The van der Waals surface area contributed by atoms with Crippen LogP contribution in [0.15, 0.2) is 77.4 Å². The van der Waals surface area contributed by atoms with Crippen LogP contribution in [0.4, 0.5) is 0 Å². The summed E-state index contributed by atoms with van der Waals surface area (Å²) in [7, 11) is 0. The van der Waals surface area contributed by atoms with Crippen molar-refractivity contribution in [2.75, 3.05) is 0 Å². The van der Waals surface area contributed by atoms with Crippen LogP contribution in [0.25, 0.3) is 11.0 Å². The summed E-state index contributed by atoms with van der Waals surface area (Å²) in [5, 5.41) is 10.2. The molecule has 0 bridgehead atoms. The lowest BCUT2D eigenvalue weighted by Crippen LogP contribution is -2.15. The Kier molecular flexibility index (Phi) is 3.28. The quantitative estimate of drug-likeness (QED) is 0.557. The first-order valence-electron chi connectivity index (χ1n) is 8.75. The normalized spacial score (nSPS) is 23.8. The molecule has 2 aromatic carbocycles. The first kappa shape index (κ1) is 15.6. The molecular weight excluding hydrogens is 338 g/mol. The number of imidazole rings is 1. The van der Waals surface area contributed by atoms with E-state index < -0.39 is 11.3 Å². The Morgan fingerprint density at radius 2 is 1.85 bits per heavy atom. The second-order valence-corrected chi connectivity index (χ2v) is 6.79. The van der Waals surface area contributed by atoms with Gasteiger partial charge in [-0.25, -0.2) is 4.98 Å². The number of nitriles is 1. The van der Waals surface area contributed by atoms with Crippen molar-refractivity contribution in [2.24, 2.45) is 5.92 Å². The molecule has 4 aromatic rings. The number of aromatic nitrogens is 2. The van der Waals surface area contributed by atoms with Crippen LogP contribution in [-0.2, 0) is 5.41 Å². The highest BCUT2D eigenvalue weighted by atomic mass is 16.3. The maximum atomic E-state index is 13.1. The maximum Gasteiger partial charge on any atom is 0.203 e. The van der Waals surface area contributed by atoms with E-state index in [1.54, 1.807) is 12.1 Å². The predicted molar refractivity (Wildman–Crippen MR) is 99.1 cm³/mol. The molecule has 0 spiro atoms. The first-order valence-corrected chi connectivity index (χ1v) is 8.75. The molecule has 1 fully saturated rings. The minimum atomic E-state index is -1.04. The minimum Gasteiger partial charge on any atom is -0.461 e. The first-order chi connectivity index (χ1) is 13.3. The van der Waals surface area contributed by atoms with Crippen molar-refractivity contribution in [3.05, 3.63) is 90.1 Å². The van der Waals surface area contributed by atoms with Crippen molar-refractivity contribution >= 4 is 16.8 Å². The van der Waals surface area contributed by atoms with Gasteiger partial charge in [0.1, 0.15) is 11.2 Å². The summed E-state index contributed by atoms with van der Waals surface area (Å²) in [4.78, 5) is 21.0. The van der Waals surface area contributed by atoms with Gasteiger partial charge in [-0.15, -0.1) is 0 Å². The molecule has 0 unspecified atom stereocenters. The van der Waals surface area contributed by atoms with Crippen LogP contribution in [-0.4, -0.2) is 15.8 Å². The van der Waals surface area contributed by atoms with Crippen molar-refractivity contribution in [3.8, 4) is 6.07 Å². The highest BCUT2D eigenvalue weighted by molar-refractivity contribution is 6.01. The number of hydrogen-bond donors (Lipinski definition) is 1. The van der Waals surface area contributed by atoms with E-state index in [1.165, 1.54) is 6.26 Å². The van der Waals surface area contributed by atoms with Crippen molar-refractivity contribution in [2.45, 2.75) is 11.3 Å². The monoisotopic (exact) mass is 353 g/mol. The Hall–Kier alpha value is -3.65. The summed E-state index contributed by atoms with van der Waals surface area (Å²) in [5.41, 5.74) is 1.55. The highest BCUT2D eigenvalue weighted by Crippen LogP contribution is 2.65. The molecule has 27 heavy (non-hydrogen) atoms. The molecule has 3 atom stereocenters. The number of fused-ring (bicyclic) bond motifs is 1. The number of nitrogens with zero attached hydrogens (tertiary/aromatic N) is 2. The summed E-state index contributed by atoms with van der Waals surface area (Å²) in [6.07, 6.45) is 1.47. The molecule has 0 radical (unpaired) electrons. The topological polar surface area (TPSA) is 82.7 Å². The molecule has 1 aliphatic carbocycles. The summed E-state index contributed by atoms with van der Waals surface area (Å²) in [6, 6.07) is 23.0. The van der Waals surface area contributed by atoms with Gasteiger partial charge in [0, 0.05) is 5.92 Å². The van der Waals surface area contributed by atoms with Crippen LogP contribution in [0.3, 0.4) is 0 Å². The number of Topliss-reactive ketones (excluding diaryl/α,β-unsaturated/α-hetero) is 1. The third-order valence-electron chi connectivity index (χ3n) is 5.38. The molecule has 0 aliphatic heterocycles. The van der Waals surface area contributed by atoms with Crippen LogP contribution in [0.2, 0.25) is 0 Å². The van der Waals surface area contributed by atoms with E-state index in [9.17, 15) is 10.1 Å². The zero-order valence-electron chi connectivity index (χ0n) is 14.3. The fourth-order valence-corrected chi connectivity index (χ4v) is 4.07. The van der Waals surface area contributed by atoms with E-state index in [4.69, 9.17) is 4.42 Å². The van der Waals surface area contributed by atoms with E-state index >= 15 is 0 Å². The molecule has 0 amide bonds. The lowest BCUT2D eigenvalue weighted by Gasteiger charge is -2.05. The molecule has 1 N–H and O–H groups in total. The van der Waals surface area contributed by atoms with Crippen LogP contribution in [0, 0.1) is 17.2 Å². The number of carbonyl (C=O) groups excluding carboxylic acids is 1. The number of carbonyl (C=O) groups is 1. The van der Waals surface area contributed by atoms with Crippen LogP contribution < -0.4 is 0 Å². The third-order valence-corrected chi connectivity index (χ3v) is 5.38. The summed E-state index contributed by atoms with van der Waals surface area (Å²) >= 11 is 0. The van der Waals surface area contributed by atoms with E-state index in [-0.39, 0.29) is 17.5 Å². The van der Waals surface area contributed by atoms with Crippen LogP contribution in [0.5, 0.6) is 0 Å². The molecule has 130 valence electrons. The lowest BCUT2D eigenvalue weighted by molar-refractivity contribution is 0.0931. The fraction of sp³-hybridized carbons (Fsp3) is 0.136. The molecule has 5 rings (SSSR count). The maximum absolute atomic E-state index is 13.1. The molecule has 5 nitrogen and oxygen atoms in total. The third kappa shape index (κ3) is 2.17. The Labute approximate surface area is 155 Å². The van der Waals surface area contributed by atoms with E-state index in [2.05, 4.69) is 16.0 Å². The molecule has 1 aliphatic rings. The van der Waals surface area contributed by atoms with E-state index in [1.807, 2.05) is 54.6 Å². The van der Waals surface area contributed by atoms with Gasteiger partial charge < -0.3 is 9.40 Å². The summed E-state index contributed by atoms with van der Waals surface area (Å²) < 4.78 is 5.32. The van der Waals surface area contributed by atoms with Gasteiger partial charge in [-0.2, -0.15) is 5.26 Å². The van der Waals surface area contributed by atoms with Crippen LogP contribution >= 0.6 is 0 Å². The van der Waals surface area contributed by atoms with Crippen LogP contribution in [0.1, 0.15) is 27.9 Å². The second kappa shape index (κ2) is 5.68. The zero-order chi connectivity index (χ0) is 18.4. The molecule has 1 saturated carbocycles. The number of benzene rings is 2. The SMILES string of the molecule is N#C[C@@]1(c2nc3ccccc3[nH]2)[C@@H](C(=O)c2ccco2)[C@@H]1c1ccccc1. The molecule has 0 saturated heterocycles. The number of aromatic amines is 1. The minimum absolute atomic E-state index is 0.171. The van der Waals surface area contributed by atoms with Gasteiger partial charge >= 0.3 is 0 Å². The number of ketones is 1. The average Bonchev–Trinajstić information content (AvgIpc) is 3.07. The van der Waals surface area contributed by atoms with Crippen molar-refractivity contribution in [1.29, 1.82) is 5.26 Å². The lowest BCUT2D eigenvalue weighted by atomic mass is 9.99. The van der Waals surface area contributed by atoms with E-state index in [0.717, 1.165) is 16.6 Å². The number of rotatable bonds is 4. The van der Waals surface area contributed by atoms with Crippen molar-refractivity contribution < 1.29 is 9.21 Å². The Bertz CT molecular complexity index is 1140. The largest absolute Gasteiger partial charge is 0.461 e. The van der Waals surface area contributed by atoms with Gasteiger partial charge in [0.15, 0.2) is 5.76 Å². The average molecular weight is 353 g/mol. The fourth-order valence-electron chi connectivity index (χ4n) is 4.07. The molecule has 2 aromatic heterocycles. The van der Waals surface area contributed by atoms with Gasteiger partial charge in [-0.3, -0.25) is 4.79 Å². The van der Waals surface area contributed by atoms with Gasteiger partial charge in [-0.1, -0.05) is 42.5 Å². The number of para-hydroxylation sites is 2. The highest BCUT2D eigenvalue weighted by Gasteiger charge is 2.72. The number of H-pyrrole nitrogens is 1.